The Morgan fingerprint density at radius 2 is 1.64 bits per heavy atom. The van der Waals surface area contributed by atoms with Gasteiger partial charge in [-0.25, -0.2) is 0 Å². The fourth-order valence-electron chi connectivity index (χ4n) is 3.61. The minimum atomic E-state index is -0.222. The molecule has 0 bridgehead atoms. The highest BCUT2D eigenvalue weighted by Crippen LogP contribution is 2.29. The van der Waals surface area contributed by atoms with Crippen LogP contribution >= 0.6 is 28.1 Å². The van der Waals surface area contributed by atoms with Gasteiger partial charge in [0, 0.05) is 23.1 Å². The highest BCUT2D eigenvalue weighted by atomic mass is 79.9. The smallest absolute Gasteiger partial charge is 0.258 e. The first-order chi connectivity index (χ1) is 13.6. The summed E-state index contributed by atoms with van der Waals surface area (Å²) in [5.74, 6) is -0.222. The number of anilines is 2. The molecule has 3 aromatic rings. The van der Waals surface area contributed by atoms with Gasteiger partial charge in [0.1, 0.15) is 0 Å². The van der Waals surface area contributed by atoms with Gasteiger partial charge < -0.3 is 10.2 Å². The van der Waals surface area contributed by atoms with Gasteiger partial charge in [-0.1, -0.05) is 52.3 Å². The van der Waals surface area contributed by atoms with Crippen LogP contribution in [0.1, 0.15) is 23.2 Å². The molecule has 1 heterocycles. The Balaban J connectivity index is 1.52. The van der Waals surface area contributed by atoms with E-state index in [4.69, 9.17) is 12.2 Å². The summed E-state index contributed by atoms with van der Waals surface area (Å²) >= 11 is 8.97. The number of nitrogens with zero attached hydrogens (tertiary/aromatic N) is 1. The van der Waals surface area contributed by atoms with E-state index in [0.29, 0.717) is 10.7 Å². The zero-order valence-corrected chi connectivity index (χ0v) is 17.6. The largest absolute Gasteiger partial charge is 0.370 e. The number of benzene rings is 3. The Labute approximate surface area is 178 Å². The van der Waals surface area contributed by atoms with E-state index in [9.17, 15) is 4.79 Å². The van der Waals surface area contributed by atoms with Crippen LogP contribution in [0.3, 0.4) is 0 Å². The summed E-state index contributed by atoms with van der Waals surface area (Å²) in [7, 11) is 0. The van der Waals surface area contributed by atoms with Gasteiger partial charge in [0.25, 0.3) is 5.91 Å². The molecule has 1 saturated heterocycles. The quantitative estimate of drug-likeness (QED) is 0.526. The van der Waals surface area contributed by atoms with Crippen molar-refractivity contribution in [1.82, 2.24) is 5.32 Å². The lowest BCUT2D eigenvalue weighted by molar-refractivity contribution is 0.0979. The normalized spacial score (nSPS) is 13.5. The molecule has 0 saturated carbocycles. The molecular weight excluding hydrogens is 434 g/mol. The van der Waals surface area contributed by atoms with Gasteiger partial charge >= 0.3 is 0 Å². The van der Waals surface area contributed by atoms with Gasteiger partial charge in [-0.3, -0.25) is 10.1 Å². The average molecular weight is 454 g/mol. The molecule has 0 radical (unpaired) electrons. The fourth-order valence-corrected chi connectivity index (χ4v) is 4.31. The number of fused-ring (bicyclic) bond motifs is 1. The number of para-hydroxylation sites is 2. The van der Waals surface area contributed by atoms with Crippen molar-refractivity contribution in [3.8, 4) is 0 Å². The van der Waals surface area contributed by atoms with E-state index < -0.39 is 0 Å². The second-order valence-electron chi connectivity index (χ2n) is 6.76. The Hall–Kier alpha value is -2.44. The molecule has 4 rings (SSSR count). The molecule has 0 aromatic heterocycles. The third-order valence-electron chi connectivity index (χ3n) is 4.94. The van der Waals surface area contributed by atoms with Crippen molar-refractivity contribution in [2.24, 2.45) is 0 Å². The first-order valence-electron chi connectivity index (χ1n) is 9.27. The lowest BCUT2D eigenvalue weighted by Gasteiger charge is -2.22. The second-order valence-corrected chi connectivity index (χ2v) is 8.02. The van der Waals surface area contributed by atoms with Crippen LogP contribution in [0.4, 0.5) is 11.4 Å². The van der Waals surface area contributed by atoms with Gasteiger partial charge in [-0.15, -0.1) is 0 Å². The molecule has 0 atom stereocenters. The maximum atomic E-state index is 12.8. The first-order valence-corrected chi connectivity index (χ1v) is 10.5. The summed E-state index contributed by atoms with van der Waals surface area (Å²) in [5, 5.41) is 8.19. The van der Waals surface area contributed by atoms with Crippen molar-refractivity contribution in [2.45, 2.75) is 12.8 Å². The zero-order chi connectivity index (χ0) is 19.5. The molecule has 0 spiro atoms. The number of nitrogens with one attached hydrogen (secondary N) is 2. The first kappa shape index (κ1) is 18.9. The van der Waals surface area contributed by atoms with E-state index in [1.807, 2.05) is 54.6 Å². The van der Waals surface area contributed by atoms with Crippen LogP contribution in [0.2, 0.25) is 0 Å². The Kier molecular flexibility index (Phi) is 5.59. The van der Waals surface area contributed by atoms with Crippen LogP contribution in [-0.2, 0) is 0 Å². The lowest BCUT2D eigenvalue weighted by atomic mass is 10.0. The summed E-state index contributed by atoms with van der Waals surface area (Å²) in [6, 6.07) is 19.6. The van der Waals surface area contributed by atoms with E-state index >= 15 is 0 Å². The molecule has 4 nitrogen and oxygen atoms in total. The van der Waals surface area contributed by atoms with Gasteiger partial charge in [0.2, 0.25) is 0 Å². The van der Waals surface area contributed by atoms with E-state index in [1.54, 1.807) is 0 Å². The van der Waals surface area contributed by atoms with Crippen molar-refractivity contribution in [3.05, 3.63) is 70.7 Å². The molecule has 142 valence electrons. The second kappa shape index (κ2) is 8.29. The summed E-state index contributed by atoms with van der Waals surface area (Å²) < 4.78 is 0.958. The fraction of sp³-hybridized carbons (Fsp3) is 0.182. The standard InChI is InChI=1S/C22H20BrN3OS/c23-18-10-6-7-15-16(18)8-5-9-17(15)21(27)25-22(28)24-19-11-1-2-12-20(19)26-13-3-4-14-26/h1-2,5-12H,3-4,13-14H2,(H2,24,25,27,28). The number of carbonyl (C=O) groups excluding carboxylic acids is 1. The van der Waals surface area contributed by atoms with Crippen LogP contribution in [0.25, 0.3) is 10.8 Å². The molecular formula is C22H20BrN3OS. The van der Waals surface area contributed by atoms with Crippen LogP contribution in [0, 0.1) is 0 Å². The summed E-state index contributed by atoms with van der Waals surface area (Å²) in [5.41, 5.74) is 2.62. The van der Waals surface area contributed by atoms with Crippen LogP contribution in [-0.4, -0.2) is 24.1 Å². The number of carbonyl (C=O) groups is 1. The van der Waals surface area contributed by atoms with E-state index in [1.165, 1.54) is 12.8 Å². The van der Waals surface area contributed by atoms with Crippen molar-refractivity contribution in [1.29, 1.82) is 0 Å². The number of halogens is 1. The van der Waals surface area contributed by atoms with Gasteiger partial charge in [0.05, 0.1) is 11.4 Å². The monoisotopic (exact) mass is 453 g/mol. The molecule has 1 fully saturated rings. The maximum Gasteiger partial charge on any atom is 0.258 e. The molecule has 1 aliphatic rings. The van der Waals surface area contributed by atoms with E-state index in [-0.39, 0.29) is 5.91 Å². The highest BCUT2D eigenvalue weighted by molar-refractivity contribution is 9.10. The minimum Gasteiger partial charge on any atom is -0.370 e. The van der Waals surface area contributed by atoms with Crippen LogP contribution in [0.5, 0.6) is 0 Å². The molecule has 1 amide bonds. The Bertz CT molecular complexity index is 1050. The van der Waals surface area contributed by atoms with E-state index in [2.05, 4.69) is 37.5 Å². The number of hydrogen-bond donors (Lipinski definition) is 2. The topological polar surface area (TPSA) is 44.4 Å². The Morgan fingerprint density at radius 1 is 0.929 bits per heavy atom. The van der Waals surface area contributed by atoms with Gasteiger partial charge in [-0.2, -0.15) is 0 Å². The summed E-state index contributed by atoms with van der Waals surface area (Å²) in [4.78, 5) is 15.2. The molecule has 1 aliphatic heterocycles. The van der Waals surface area contributed by atoms with Gasteiger partial charge in [-0.05, 0) is 60.1 Å². The predicted octanol–water partition coefficient (Wildman–Crippen LogP) is 5.33. The summed E-state index contributed by atoms with van der Waals surface area (Å²) in [6.45, 7) is 2.09. The third kappa shape index (κ3) is 3.88. The SMILES string of the molecule is O=C(NC(=S)Nc1ccccc1N1CCCC1)c1cccc2c(Br)cccc12. The maximum absolute atomic E-state index is 12.8. The lowest BCUT2D eigenvalue weighted by Crippen LogP contribution is -2.34. The highest BCUT2D eigenvalue weighted by Gasteiger charge is 2.17. The summed E-state index contributed by atoms with van der Waals surface area (Å²) in [6.07, 6.45) is 2.40. The predicted molar refractivity (Wildman–Crippen MR) is 123 cm³/mol. The molecule has 0 unspecified atom stereocenters. The van der Waals surface area contributed by atoms with Crippen molar-refractivity contribution in [3.63, 3.8) is 0 Å². The van der Waals surface area contributed by atoms with Crippen LogP contribution < -0.4 is 15.5 Å². The van der Waals surface area contributed by atoms with E-state index in [0.717, 1.165) is 39.7 Å². The van der Waals surface area contributed by atoms with Crippen molar-refractivity contribution >= 4 is 61.3 Å². The molecule has 28 heavy (non-hydrogen) atoms. The van der Waals surface area contributed by atoms with Crippen molar-refractivity contribution < 1.29 is 4.79 Å². The van der Waals surface area contributed by atoms with Crippen molar-refractivity contribution in [2.75, 3.05) is 23.3 Å². The molecule has 3 aromatic carbocycles. The molecule has 6 heteroatoms. The number of amides is 1. The third-order valence-corrected chi connectivity index (χ3v) is 5.84. The molecule has 2 N–H and O–H groups in total. The Morgan fingerprint density at radius 3 is 2.46 bits per heavy atom. The van der Waals surface area contributed by atoms with Crippen LogP contribution in [0.15, 0.2) is 65.1 Å². The van der Waals surface area contributed by atoms with Gasteiger partial charge in [0.15, 0.2) is 5.11 Å². The number of rotatable bonds is 3. The number of hydrogen-bond acceptors (Lipinski definition) is 3. The zero-order valence-electron chi connectivity index (χ0n) is 15.2. The molecule has 0 aliphatic carbocycles. The minimum absolute atomic E-state index is 0.222. The number of thiocarbonyl (C=S) groups is 1. The average Bonchev–Trinajstić information content (AvgIpc) is 3.23.